The van der Waals surface area contributed by atoms with Gasteiger partial charge in [-0.3, -0.25) is 4.98 Å². The van der Waals surface area contributed by atoms with Crippen LogP contribution in [0.5, 0.6) is 0 Å². The molecule has 0 aliphatic rings. The molecule has 168 valence electrons. The maximum absolute atomic E-state index is 13.2. The van der Waals surface area contributed by atoms with Crippen molar-refractivity contribution in [1.29, 1.82) is 10.5 Å². The number of pyridine rings is 2. The van der Waals surface area contributed by atoms with Crippen molar-refractivity contribution in [2.45, 2.75) is 4.90 Å². The molecule has 0 N–H and O–H groups in total. The first-order valence-corrected chi connectivity index (χ1v) is 12.0. The molecule has 2 aromatic carbocycles. The van der Waals surface area contributed by atoms with E-state index in [-0.39, 0.29) is 21.4 Å². The Labute approximate surface area is 201 Å². The van der Waals surface area contributed by atoms with Gasteiger partial charge in [0.15, 0.2) is 9.84 Å². The molecule has 0 saturated carbocycles. The van der Waals surface area contributed by atoms with Crippen LogP contribution in [0.15, 0.2) is 84.0 Å². The third kappa shape index (κ3) is 6.02. The predicted molar refractivity (Wildman–Crippen MR) is 127 cm³/mol. The Morgan fingerprint density at radius 3 is 2.09 bits per heavy atom. The molecule has 4 aromatic rings. The topological polar surface area (TPSA) is 107 Å². The Hall–Kier alpha value is -4.11. The van der Waals surface area contributed by atoms with Crippen molar-refractivity contribution >= 4 is 21.4 Å². The lowest BCUT2D eigenvalue weighted by molar-refractivity contribution is 0.602. The van der Waals surface area contributed by atoms with E-state index in [1.165, 1.54) is 30.5 Å². The second-order valence-corrected chi connectivity index (χ2v) is 9.37. The molecule has 2 aromatic heterocycles. The summed E-state index contributed by atoms with van der Waals surface area (Å²) in [5.41, 5.74) is 3.16. The lowest BCUT2D eigenvalue weighted by Crippen LogP contribution is -1.97. The van der Waals surface area contributed by atoms with E-state index in [1.807, 2.05) is 12.1 Å². The van der Waals surface area contributed by atoms with Crippen molar-refractivity contribution in [3.8, 4) is 34.5 Å². The standard InChI is InChI=1S/C19H12ClFN2O2S.C6H4N2/c1-26(24,25)16-8-4-12(5-9-16)17-10-14(11-22)19(20)23-18(17)13-2-6-15(21)7-3-13;7-4-6-2-1-3-8-5-6/h2-10H,1H3;1-3,5H. The highest BCUT2D eigenvalue weighted by Gasteiger charge is 2.15. The Morgan fingerprint density at radius 2 is 1.59 bits per heavy atom. The van der Waals surface area contributed by atoms with Gasteiger partial charge in [-0.1, -0.05) is 23.7 Å². The van der Waals surface area contributed by atoms with Crippen molar-refractivity contribution in [3.05, 3.63) is 101 Å². The summed E-state index contributed by atoms with van der Waals surface area (Å²) in [7, 11) is -3.32. The van der Waals surface area contributed by atoms with Crippen LogP contribution in [0.4, 0.5) is 4.39 Å². The van der Waals surface area contributed by atoms with Crippen LogP contribution in [-0.2, 0) is 9.84 Å². The number of aromatic nitrogens is 2. The van der Waals surface area contributed by atoms with Gasteiger partial charge in [-0.05, 0) is 60.2 Å². The molecule has 9 heteroatoms. The van der Waals surface area contributed by atoms with Crippen molar-refractivity contribution in [2.24, 2.45) is 0 Å². The van der Waals surface area contributed by atoms with Crippen LogP contribution in [0.2, 0.25) is 5.15 Å². The van der Waals surface area contributed by atoms with Crippen LogP contribution in [0.25, 0.3) is 22.4 Å². The van der Waals surface area contributed by atoms with Gasteiger partial charge in [0.25, 0.3) is 0 Å². The molecule has 0 aliphatic carbocycles. The Morgan fingerprint density at radius 1 is 0.941 bits per heavy atom. The van der Waals surface area contributed by atoms with Crippen LogP contribution in [0.1, 0.15) is 11.1 Å². The average molecular weight is 491 g/mol. The van der Waals surface area contributed by atoms with E-state index >= 15 is 0 Å². The van der Waals surface area contributed by atoms with Crippen molar-refractivity contribution in [3.63, 3.8) is 0 Å². The molecule has 0 aliphatic heterocycles. The zero-order valence-corrected chi connectivity index (χ0v) is 19.3. The Bertz CT molecular complexity index is 1490. The van der Waals surface area contributed by atoms with Crippen LogP contribution in [0, 0.1) is 28.5 Å². The third-order valence-electron chi connectivity index (χ3n) is 4.60. The average Bonchev–Trinajstić information content (AvgIpc) is 2.85. The minimum Gasteiger partial charge on any atom is -0.263 e. The van der Waals surface area contributed by atoms with E-state index in [0.717, 1.165) is 6.26 Å². The molecule has 0 spiro atoms. The minimum absolute atomic E-state index is 0.0448. The quantitative estimate of drug-likeness (QED) is 0.354. The van der Waals surface area contributed by atoms with Gasteiger partial charge in [0.1, 0.15) is 23.1 Å². The molecule has 0 bridgehead atoms. The van der Waals surface area contributed by atoms with Crippen LogP contribution < -0.4 is 0 Å². The molecule has 34 heavy (non-hydrogen) atoms. The second-order valence-electron chi connectivity index (χ2n) is 6.99. The maximum Gasteiger partial charge on any atom is 0.175 e. The summed E-state index contributed by atoms with van der Waals surface area (Å²) in [4.78, 5) is 8.21. The summed E-state index contributed by atoms with van der Waals surface area (Å²) in [5.74, 6) is -0.382. The predicted octanol–water partition coefficient (Wildman–Crippen LogP) is 5.44. The molecule has 4 rings (SSSR count). The van der Waals surface area contributed by atoms with Gasteiger partial charge < -0.3 is 0 Å². The monoisotopic (exact) mass is 490 g/mol. The fourth-order valence-electron chi connectivity index (χ4n) is 2.93. The highest BCUT2D eigenvalue weighted by Crippen LogP contribution is 2.34. The molecule has 2 heterocycles. The number of benzene rings is 2. The number of halogens is 2. The third-order valence-corrected chi connectivity index (χ3v) is 6.01. The summed E-state index contributed by atoms with van der Waals surface area (Å²) in [6.45, 7) is 0. The number of nitriles is 2. The summed E-state index contributed by atoms with van der Waals surface area (Å²) in [6, 6.07) is 21.0. The lowest BCUT2D eigenvalue weighted by Gasteiger charge is -2.11. The van der Waals surface area contributed by atoms with Crippen LogP contribution >= 0.6 is 11.6 Å². The van der Waals surface area contributed by atoms with Crippen molar-refractivity contribution in [1.82, 2.24) is 9.97 Å². The smallest absolute Gasteiger partial charge is 0.175 e. The van der Waals surface area contributed by atoms with Crippen molar-refractivity contribution < 1.29 is 12.8 Å². The summed E-state index contributed by atoms with van der Waals surface area (Å²) in [6.07, 6.45) is 4.30. The zero-order valence-electron chi connectivity index (χ0n) is 17.8. The number of sulfone groups is 1. The number of nitrogens with zero attached hydrogens (tertiary/aromatic N) is 4. The van der Waals surface area contributed by atoms with Gasteiger partial charge in [-0.25, -0.2) is 17.8 Å². The maximum atomic E-state index is 13.2. The first-order valence-electron chi connectivity index (χ1n) is 9.70. The molecule has 0 saturated heterocycles. The Balaban J connectivity index is 0.000000343. The molecule has 0 amide bonds. The minimum atomic E-state index is -3.32. The van der Waals surface area contributed by atoms with Crippen molar-refractivity contribution in [2.75, 3.05) is 6.26 Å². The van der Waals surface area contributed by atoms with E-state index in [9.17, 15) is 18.1 Å². The second kappa shape index (κ2) is 10.7. The molecule has 6 nitrogen and oxygen atoms in total. The molecule has 0 unspecified atom stereocenters. The van der Waals surface area contributed by atoms with E-state index in [2.05, 4.69) is 9.97 Å². The number of hydrogen-bond acceptors (Lipinski definition) is 6. The molecule has 0 atom stereocenters. The van der Waals surface area contributed by atoms with Gasteiger partial charge >= 0.3 is 0 Å². The highest BCUT2D eigenvalue weighted by molar-refractivity contribution is 7.90. The van der Waals surface area contributed by atoms with Gasteiger partial charge in [0.2, 0.25) is 0 Å². The summed E-state index contributed by atoms with van der Waals surface area (Å²) >= 11 is 6.07. The first kappa shape index (κ1) is 24.5. The van der Waals surface area contributed by atoms with E-state index < -0.39 is 9.84 Å². The van der Waals surface area contributed by atoms with Gasteiger partial charge in [-0.2, -0.15) is 10.5 Å². The zero-order chi connectivity index (χ0) is 24.7. The van der Waals surface area contributed by atoms with E-state index in [0.29, 0.717) is 27.9 Å². The Kier molecular flexibility index (Phi) is 7.70. The fraction of sp³-hybridized carbons (Fsp3) is 0.0400. The first-order chi connectivity index (χ1) is 16.2. The van der Waals surface area contributed by atoms with Crippen LogP contribution in [0.3, 0.4) is 0 Å². The number of rotatable bonds is 3. The number of hydrogen-bond donors (Lipinski definition) is 0. The summed E-state index contributed by atoms with van der Waals surface area (Å²) < 4.78 is 36.5. The van der Waals surface area contributed by atoms with Gasteiger partial charge in [0.05, 0.1) is 21.7 Å². The SMILES string of the molecule is CS(=O)(=O)c1ccc(-c2cc(C#N)c(Cl)nc2-c2ccc(F)cc2)cc1.N#Cc1cccnc1. The normalized spacial score (nSPS) is 10.4. The van der Waals surface area contributed by atoms with E-state index in [1.54, 1.807) is 48.7 Å². The van der Waals surface area contributed by atoms with Gasteiger partial charge in [-0.15, -0.1) is 0 Å². The van der Waals surface area contributed by atoms with Crippen LogP contribution in [-0.4, -0.2) is 24.6 Å². The van der Waals surface area contributed by atoms with E-state index in [4.69, 9.17) is 16.9 Å². The summed E-state index contributed by atoms with van der Waals surface area (Å²) in [5, 5.41) is 17.5. The largest absolute Gasteiger partial charge is 0.263 e. The molecule has 0 radical (unpaired) electrons. The highest BCUT2D eigenvalue weighted by atomic mass is 35.5. The molecular formula is C25H16ClFN4O2S. The fourth-order valence-corrected chi connectivity index (χ4v) is 3.74. The van der Waals surface area contributed by atoms with Gasteiger partial charge in [0, 0.05) is 29.8 Å². The lowest BCUT2D eigenvalue weighted by atomic mass is 9.98. The molecular weight excluding hydrogens is 475 g/mol. The molecule has 0 fully saturated rings.